The predicted octanol–water partition coefficient (Wildman–Crippen LogP) is 1.47. The van der Waals surface area contributed by atoms with E-state index in [4.69, 9.17) is 9.47 Å². The summed E-state index contributed by atoms with van der Waals surface area (Å²) >= 11 is 0. The minimum Gasteiger partial charge on any atom is -0.464 e. The van der Waals surface area contributed by atoms with Crippen LogP contribution < -0.4 is 0 Å². The third kappa shape index (κ3) is 2.78. The first-order chi connectivity index (χ1) is 7.14. The van der Waals surface area contributed by atoms with Crippen LogP contribution in [0, 0.1) is 0 Å². The van der Waals surface area contributed by atoms with Crippen LogP contribution in [0.3, 0.4) is 0 Å². The summed E-state index contributed by atoms with van der Waals surface area (Å²) in [6.07, 6.45) is 1.74. The molecule has 0 bridgehead atoms. The van der Waals surface area contributed by atoms with Crippen LogP contribution in [0.15, 0.2) is 0 Å². The van der Waals surface area contributed by atoms with Gasteiger partial charge in [0.1, 0.15) is 5.78 Å². The number of carbonyl (C=O) groups excluding carboxylic acids is 2. The molecule has 0 aromatic rings. The lowest BCUT2D eigenvalue weighted by Gasteiger charge is -2.33. The summed E-state index contributed by atoms with van der Waals surface area (Å²) in [5.41, 5.74) is -0.862. The molecule has 0 unspecified atom stereocenters. The summed E-state index contributed by atoms with van der Waals surface area (Å²) in [4.78, 5) is 22.9. The fourth-order valence-electron chi connectivity index (χ4n) is 1.88. The van der Waals surface area contributed by atoms with Gasteiger partial charge in [-0.3, -0.25) is 4.79 Å². The molecule has 0 heterocycles. The quantitative estimate of drug-likeness (QED) is 0.665. The summed E-state index contributed by atoms with van der Waals surface area (Å²) in [6.45, 7) is 4.43. The van der Waals surface area contributed by atoms with E-state index in [1.807, 2.05) is 6.92 Å². The Balaban J connectivity index is 2.69. The molecule has 4 nitrogen and oxygen atoms in total. The van der Waals surface area contributed by atoms with E-state index in [1.54, 1.807) is 6.92 Å². The molecule has 15 heavy (non-hydrogen) atoms. The molecule has 0 radical (unpaired) electrons. The molecule has 4 heteroatoms. The van der Waals surface area contributed by atoms with Crippen LogP contribution in [0.4, 0.5) is 0 Å². The Morgan fingerprint density at radius 1 is 1.27 bits per heavy atom. The van der Waals surface area contributed by atoms with Crippen LogP contribution in [0.2, 0.25) is 0 Å². The number of ether oxygens (including phenoxy) is 2. The number of esters is 1. The molecule has 1 aliphatic rings. The zero-order chi connectivity index (χ0) is 11.3. The number of rotatable bonds is 4. The second-order valence-electron chi connectivity index (χ2n) is 3.69. The van der Waals surface area contributed by atoms with Gasteiger partial charge in [0, 0.05) is 19.4 Å². The van der Waals surface area contributed by atoms with Gasteiger partial charge in [0.2, 0.25) is 0 Å². The van der Waals surface area contributed by atoms with Crippen molar-refractivity contribution in [3.8, 4) is 0 Å². The Morgan fingerprint density at radius 2 is 1.87 bits per heavy atom. The van der Waals surface area contributed by atoms with Crippen molar-refractivity contribution in [1.29, 1.82) is 0 Å². The lowest BCUT2D eigenvalue weighted by molar-refractivity contribution is -0.176. The highest BCUT2D eigenvalue weighted by Gasteiger charge is 2.43. The van der Waals surface area contributed by atoms with Crippen molar-refractivity contribution in [2.24, 2.45) is 0 Å². The van der Waals surface area contributed by atoms with Gasteiger partial charge in [-0.2, -0.15) is 0 Å². The number of carbonyl (C=O) groups is 2. The summed E-state index contributed by atoms with van der Waals surface area (Å²) in [5.74, 6) is -0.117. The number of ketones is 1. The predicted molar refractivity (Wildman–Crippen MR) is 54.5 cm³/mol. The monoisotopic (exact) mass is 214 g/mol. The maximum atomic E-state index is 11.8. The minimum atomic E-state index is -0.862. The average Bonchev–Trinajstić information content (AvgIpc) is 2.22. The first-order valence-corrected chi connectivity index (χ1v) is 5.47. The standard InChI is InChI=1S/C11H18O4/c1-3-14-10(13)11(15-4-2)7-5-9(12)6-8-11/h3-8H2,1-2H3. The van der Waals surface area contributed by atoms with E-state index < -0.39 is 5.60 Å². The van der Waals surface area contributed by atoms with E-state index in [9.17, 15) is 9.59 Å². The summed E-state index contributed by atoms with van der Waals surface area (Å²) in [7, 11) is 0. The van der Waals surface area contributed by atoms with Crippen molar-refractivity contribution in [3.63, 3.8) is 0 Å². The van der Waals surface area contributed by atoms with E-state index >= 15 is 0 Å². The Kier molecular flexibility index (Phi) is 4.27. The molecule has 0 atom stereocenters. The van der Waals surface area contributed by atoms with Crippen molar-refractivity contribution < 1.29 is 19.1 Å². The second-order valence-corrected chi connectivity index (χ2v) is 3.69. The van der Waals surface area contributed by atoms with Gasteiger partial charge in [-0.25, -0.2) is 4.79 Å². The van der Waals surface area contributed by atoms with E-state index in [0.717, 1.165) is 0 Å². The highest BCUT2D eigenvalue weighted by Crippen LogP contribution is 2.31. The maximum absolute atomic E-state index is 11.8. The van der Waals surface area contributed by atoms with Gasteiger partial charge in [0.05, 0.1) is 6.61 Å². The largest absolute Gasteiger partial charge is 0.464 e. The fourth-order valence-corrected chi connectivity index (χ4v) is 1.88. The molecule has 0 amide bonds. The van der Waals surface area contributed by atoms with Gasteiger partial charge >= 0.3 is 5.97 Å². The van der Waals surface area contributed by atoms with E-state index in [-0.39, 0.29) is 11.8 Å². The molecular formula is C11H18O4. The molecule has 1 aliphatic carbocycles. The van der Waals surface area contributed by atoms with Crippen molar-refractivity contribution >= 4 is 11.8 Å². The van der Waals surface area contributed by atoms with Crippen LogP contribution in [0.1, 0.15) is 39.5 Å². The molecule has 1 saturated carbocycles. The lowest BCUT2D eigenvalue weighted by atomic mass is 9.84. The molecule has 0 aromatic carbocycles. The summed E-state index contributed by atoms with van der Waals surface area (Å²) < 4.78 is 10.5. The molecule has 1 rings (SSSR count). The Morgan fingerprint density at radius 3 is 2.33 bits per heavy atom. The Bertz CT molecular complexity index is 237. The van der Waals surface area contributed by atoms with Crippen LogP contribution in [-0.2, 0) is 19.1 Å². The molecular weight excluding hydrogens is 196 g/mol. The van der Waals surface area contributed by atoms with Crippen molar-refractivity contribution in [2.75, 3.05) is 13.2 Å². The molecule has 0 saturated heterocycles. The third-order valence-corrected chi connectivity index (χ3v) is 2.68. The van der Waals surface area contributed by atoms with Gasteiger partial charge in [0.15, 0.2) is 5.60 Å². The smallest absolute Gasteiger partial charge is 0.338 e. The number of hydrogen-bond acceptors (Lipinski definition) is 4. The second kappa shape index (κ2) is 5.26. The first kappa shape index (κ1) is 12.2. The maximum Gasteiger partial charge on any atom is 0.338 e. The highest BCUT2D eigenvalue weighted by molar-refractivity contribution is 5.86. The van der Waals surface area contributed by atoms with Crippen molar-refractivity contribution in [3.05, 3.63) is 0 Å². The van der Waals surface area contributed by atoms with Crippen LogP contribution in [-0.4, -0.2) is 30.6 Å². The summed E-state index contributed by atoms with van der Waals surface area (Å²) in [6, 6.07) is 0. The number of hydrogen-bond donors (Lipinski definition) is 0. The molecule has 1 fully saturated rings. The Labute approximate surface area is 89.9 Å². The van der Waals surface area contributed by atoms with Gasteiger partial charge in [0.25, 0.3) is 0 Å². The summed E-state index contributed by atoms with van der Waals surface area (Å²) in [5, 5.41) is 0. The molecule has 0 aliphatic heterocycles. The van der Waals surface area contributed by atoms with E-state index in [1.165, 1.54) is 0 Å². The first-order valence-electron chi connectivity index (χ1n) is 5.47. The van der Waals surface area contributed by atoms with E-state index in [2.05, 4.69) is 0 Å². The zero-order valence-corrected chi connectivity index (χ0v) is 9.38. The van der Waals surface area contributed by atoms with Crippen LogP contribution in [0.5, 0.6) is 0 Å². The van der Waals surface area contributed by atoms with Crippen LogP contribution in [0.25, 0.3) is 0 Å². The van der Waals surface area contributed by atoms with Gasteiger partial charge in [-0.15, -0.1) is 0 Å². The van der Waals surface area contributed by atoms with Crippen molar-refractivity contribution in [1.82, 2.24) is 0 Å². The third-order valence-electron chi connectivity index (χ3n) is 2.68. The van der Waals surface area contributed by atoms with Gasteiger partial charge < -0.3 is 9.47 Å². The van der Waals surface area contributed by atoms with Crippen molar-refractivity contribution in [2.45, 2.75) is 45.1 Å². The normalized spacial score (nSPS) is 20.0. The fraction of sp³-hybridized carbons (Fsp3) is 0.818. The van der Waals surface area contributed by atoms with Crippen LogP contribution >= 0.6 is 0 Å². The number of Topliss-reactive ketones (excluding diaryl/α,β-unsaturated/α-hetero) is 1. The molecule has 0 spiro atoms. The SMILES string of the molecule is CCOC(=O)C1(OCC)CCC(=O)CC1. The minimum absolute atomic E-state index is 0.203. The zero-order valence-electron chi connectivity index (χ0n) is 9.38. The van der Waals surface area contributed by atoms with Gasteiger partial charge in [-0.05, 0) is 26.7 Å². The molecule has 0 aromatic heterocycles. The highest BCUT2D eigenvalue weighted by atomic mass is 16.6. The van der Waals surface area contributed by atoms with Gasteiger partial charge in [-0.1, -0.05) is 0 Å². The van der Waals surface area contributed by atoms with E-state index in [0.29, 0.717) is 38.9 Å². The lowest BCUT2D eigenvalue weighted by Crippen LogP contribution is -2.46. The molecule has 0 N–H and O–H groups in total. The Hall–Kier alpha value is -0.900. The topological polar surface area (TPSA) is 52.6 Å². The molecule has 86 valence electrons. The average molecular weight is 214 g/mol.